The number of Topliss-reactive ketones (excluding diaryl/α,β-unsaturated/α-hetero) is 1. The first-order valence-electron chi connectivity index (χ1n) is 5.07. The van der Waals surface area contributed by atoms with E-state index in [9.17, 15) is 9.90 Å². The van der Waals surface area contributed by atoms with Crippen LogP contribution >= 0.6 is 0 Å². The minimum Gasteiger partial charge on any atom is -0.504 e. The standard InChI is InChI=1S/C12H17NO3/c1-7-5-9(10(14)6-13-3)8(2)12(16-4)11(7)15/h5,13,15H,6H2,1-4H3. The molecule has 0 aromatic heterocycles. The fraction of sp³-hybridized carbons (Fsp3) is 0.417. The topological polar surface area (TPSA) is 58.6 Å². The van der Waals surface area contributed by atoms with Crippen LogP contribution in [0.4, 0.5) is 0 Å². The first-order valence-corrected chi connectivity index (χ1v) is 5.07. The second-order valence-electron chi connectivity index (χ2n) is 3.70. The Bertz CT molecular complexity index is 413. The smallest absolute Gasteiger partial charge is 0.177 e. The van der Waals surface area contributed by atoms with Crippen molar-refractivity contribution < 1.29 is 14.6 Å². The summed E-state index contributed by atoms with van der Waals surface area (Å²) in [6, 6.07) is 1.69. The molecule has 4 nitrogen and oxygen atoms in total. The molecule has 0 fully saturated rings. The number of benzene rings is 1. The molecule has 0 saturated heterocycles. The third-order valence-electron chi connectivity index (χ3n) is 2.54. The van der Waals surface area contributed by atoms with Gasteiger partial charge in [-0.15, -0.1) is 0 Å². The van der Waals surface area contributed by atoms with Crippen molar-refractivity contribution in [2.24, 2.45) is 0 Å². The van der Waals surface area contributed by atoms with Gasteiger partial charge in [0, 0.05) is 11.1 Å². The number of hydrogen-bond donors (Lipinski definition) is 2. The van der Waals surface area contributed by atoms with Crippen molar-refractivity contribution in [1.29, 1.82) is 0 Å². The van der Waals surface area contributed by atoms with Crippen LogP contribution in [-0.2, 0) is 0 Å². The molecular weight excluding hydrogens is 206 g/mol. The minimum absolute atomic E-state index is 0.0126. The first-order chi connectivity index (χ1) is 7.52. The predicted molar refractivity (Wildman–Crippen MR) is 62.4 cm³/mol. The van der Waals surface area contributed by atoms with Gasteiger partial charge in [-0.3, -0.25) is 4.79 Å². The monoisotopic (exact) mass is 223 g/mol. The highest BCUT2D eigenvalue weighted by atomic mass is 16.5. The summed E-state index contributed by atoms with van der Waals surface area (Å²) in [5.41, 5.74) is 1.90. The number of phenols is 1. The van der Waals surface area contributed by atoms with E-state index >= 15 is 0 Å². The highest BCUT2D eigenvalue weighted by molar-refractivity contribution is 6.00. The number of aromatic hydroxyl groups is 1. The van der Waals surface area contributed by atoms with Gasteiger partial charge in [-0.05, 0) is 32.5 Å². The van der Waals surface area contributed by atoms with Gasteiger partial charge in [0.25, 0.3) is 0 Å². The lowest BCUT2D eigenvalue weighted by atomic mass is 9.99. The van der Waals surface area contributed by atoms with Crippen molar-refractivity contribution in [3.63, 3.8) is 0 Å². The third kappa shape index (κ3) is 2.17. The maximum absolute atomic E-state index is 11.8. The Hall–Kier alpha value is -1.55. The average Bonchev–Trinajstić information content (AvgIpc) is 2.24. The lowest BCUT2D eigenvalue weighted by molar-refractivity contribution is 0.0992. The Morgan fingerprint density at radius 3 is 2.62 bits per heavy atom. The van der Waals surface area contributed by atoms with E-state index < -0.39 is 0 Å². The van der Waals surface area contributed by atoms with Crippen LogP contribution in [0.1, 0.15) is 21.5 Å². The van der Waals surface area contributed by atoms with Crippen molar-refractivity contribution in [1.82, 2.24) is 5.32 Å². The summed E-state index contributed by atoms with van der Waals surface area (Å²) in [7, 11) is 3.20. The summed E-state index contributed by atoms with van der Waals surface area (Å²) in [5, 5.41) is 12.6. The number of carbonyl (C=O) groups excluding carboxylic acids is 1. The van der Waals surface area contributed by atoms with Crippen LogP contribution in [0.5, 0.6) is 11.5 Å². The molecule has 0 aliphatic rings. The van der Waals surface area contributed by atoms with Crippen LogP contribution in [0.2, 0.25) is 0 Å². The van der Waals surface area contributed by atoms with Crippen molar-refractivity contribution >= 4 is 5.78 Å². The average molecular weight is 223 g/mol. The normalized spacial score (nSPS) is 10.2. The second kappa shape index (κ2) is 4.99. The molecule has 0 unspecified atom stereocenters. The fourth-order valence-corrected chi connectivity index (χ4v) is 1.67. The maximum atomic E-state index is 11.8. The number of likely N-dealkylation sites (N-methyl/N-ethyl adjacent to an activating group) is 1. The van der Waals surface area contributed by atoms with E-state index in [0.717, 1.165) is 0 Å². The first kappa shape index (κ1) is 12.5. The van der Waals surface area contributed by atoms with Gasteiger partial charge in [-0.2, -0.15) is 0 Å². The second-order valence-corrected chi connectivity index (χ2v) is 3.70. The Balaban J connectivity index is 3.31. The van der Waals surface area contributed by atoms with Crippen LogP contribution in [0.25, 0.3) is 0 Å². The molecule has 88 valence electrons. The largest absolute Gasteiger partial charge is 0.504 e. The van der Waals surface area contributed by atoms with Crippen molar-refractivity contribution in [3.05, 3.63) is 22.8 Å². The van der Waals surface area contributed by atoms with Gasteiger partial charge in [0.05, 0.1) is 13.7 Å². The molecular formula is C12H17NO3. The van der Waals surface area contributed by atoms with Gasteiger partial charge < -0.3 is 15.2 Å². The maximum Gasteiger partial charge on any atom is 0.177 e. The number of methoxy groups -OCH3 is 1. The number of carbonyl (C=O) groups is 1. The molecule has 0 aliphatic heterocycles. The highest BCUT2D eigenvalue weighted by Crippen LogP contribution is 2.35. The molecule has 0 aliphatic carbocycles. The van der Waals surface area contributed by atoms with Crippen LogP contribution < -0.4 is 10.1 Å². The molecule has 0 spiro atoms. The van der Waals surface area contributed by atoms with E-state index in [1.165, 1.54) is 7.11 Å². The number of aryl methyl sites for hydroxylation is 1. The summed E-state index contributed by atoms with van der Waals surface area (Å²) < 4.78 is 5.10. The number of hydrogen-bond acceptors (Lipinski definition) is 4. The highest BCUT2D eigenvalue weighted by Gasteiger charge is 2.17. The van der Waals surface area contributed by atoms with Crippen LogP contribution in [-0.4, -0.2) is 31.6 Å². The zero-order valence-electron chi connectivity index (χ0n) is 10.0. The molecule has 2 N–H and O–H groups in total. The van der Waals surface area contributed by atoms with Crippen LogP contribution in [0, 0.1) is 13.8 Å². The van der Waals surface area contributed by atoms with Gasteiger partial charge in [0.1, 0.15) is 0 Å². The molecule has 0 bridgehead atoms. The van der Waals surface area contributed by atoms with Gasteiger partial charge in [0.2, 0.25) is 0 Å². The van der Waals surface area contributed by atoms with Crippen molar-refractivity contribution in [3.8, 4) is 11.5 Å². The lowest BCUT2D eigenvalue weighted by Crippen LogP contribution is -2.19. The Labute approximate surface area is 95.2 Å². The molecule has 0 radical (unpaired) electrons. The molecule has 16 heavy (non-hydrogen) atoms. The van der Waals surface area contributed by atoms with E-state index in [1.807, 2.05) is 0 Å². The van der Waals surface area contributed by atoms with Crippen LogP contribution in [0.15, 0.2) is 6.07 Å². The number of ketones is 1. The number of rotatable bonds is 4. The SMILES string of the molecule is CNCC(=O)c1cc(C)c(O)c(OC)c1C. The molecule has 0 saturated carbocycles. The molecule has 1 rings (SSSR count). The molecule has 0 atom stereocenters. The summed E-state index contributed by atoms with van der Waals surface area (Å²) >= 11 is 0. The predicted octanol–water partition coefficient (Wildman–Crippen LogP) is 1.42. The number of phenolic OH excluding ortho intramolecular Hbond substituents is 1. The van der Waals surface area contributed by atoms with Gasteiger partial charge in [-0.25, -0.2) is 0 Å². The minimum atomic E-state index is -0.0126. The van der Waals surface area contributed by atoms with Crippen molar-refractivity contribution in [2.75, 3.05) is 20.7 Å². The molecule has 1 aromatic carbocycles. The zero-order valence-corrected chi connectivity index (χ0v) is 10.0. The van der Waals surface area contributed by atoms with E-state index in [0.29, 0.717) is 22.4 Å². The van der Waals surface area contributed by atoms with Gasteiger partial charge >= 0.3 is 0 Å². The Kier molecular flexibility index (Phi) is 3.90. The molecule has 0 heterocycles. The summed E-state index contributed by atoms with van der Waals surface area (Å²) in [6.45, 7) is 3.78. The number of nitrogens with one attached hydrogen (secondary N) is 1. The summed E-state index contributed by atoms with van der Waals surface area (Å²) in [5.74, 6) is 0.460. The molecule has 0 amide bonds. The number of ether oxygens (including phenoxy) is 1. The third-order valence-corrected chi connectivity index (χ3v) is 2.54. The van der Waals surface area contributed by atoms with Crippen LogP contribution in [0.3, 0.4) is 0 Å². The van der Waals surface area contributed by atoms with E-state index in [1.54, 1.807) is 27.0 Å². The van der Waals surface area contributed by atoms with Gasteiger partial charge in [0.15, 0.2) is 17.3 Å². The lowest BCUT2D eigenvalue weighted by Gasteiger charge is -2.13. The summed E-state index contributed by atoms with van der Waals surface area (Å²) in [4.78, 5) is 11.8. The molecule has 4 heteroatoms. The van der Waals surface area contributed by atoms with E-state index in [-0.39, 0.29) is 18.1 Å². The Morgan fingerprint density at radius 1 is 1.50 bits per heavy atom. The van der Waals surface area contributed by atoms with E-state index in [4.69, 9.17) is 4.74 Å². The quantitative estimate of drug-likeness (QED) is 0.758. The Morgan fingerprint density at radius 2 is 2.12 bits per heavy atom. The van der Waals surface area contributed by atoms with E-state index in [2.05, 4.69) is 5.32 Å². The van der Waals surface area contributed by atoms with Crippen molar-refractivity contribution in [2.45, 2.75) is 13.8 Å². The van der Waals surface area contributed by atoms with Gasteiger partial charge in [-0.1, -0.05) is 0 Å². The molecule has 1 aromatic rings. The fourth-order valence-electron chi connectivity index (χ4n) is 1.67. The zero-order chi connectivity index (χ0) is 12.3. The summed E-state index contributed by atoms with van der Waals surface area (Å²) in [6.07, 6.45) is 0.